The molecule has 0 aromatic carbocycles. The fourth-order valence-electron chi connectivity index (χ4n) is 1.83. The van der Waals surface area contributed by atoms with E-state index >= 15 is 0 Å². The van der Waals surface area contributed by atoms with Crippen LogP contribution >= 0.6 is 22.7 Å². The number of thiophene rings is 1. The van der Waals surface area contributed by atoms with Crippen LogP contribution in [0.5, 0.6) is 0 Å². The second kappa shape index (κ2) is 7.58. The Morgan fingerprint density at radius 3 is 2.56 bits per heavy atom. The van der Waals surface area contributed by atoms with Crippen molar-refractivity contribution < 1.29 is 28.2 Å². The smallest absolute Gasteiger partial charge is 0.324 e. The van der Waals surface area contributed by atoms with Crippen LogP contribution < -0.4 is 10.0 Å². The van der Waals surface area contributed by atoms with Crippen molar-refractivity contribution in [3.63, 3.8) is 0 Å². The van der Waals surface area contributed by atoms with E-state index in [2.05, 4.69) is 10.3 Å². The highest BCUT2D eigenvalue weighted by atomic mass is 32.2. The number of carboxylic acids is 1. The summed E-state index contributed by atoms with van der Waals surface area (Å²) in [6.07, 6.45) is 0. The number of amides is 1. The Bertz CT molecular complexity index is 902. The molecule has 1 unspecified atom stereocenters. The average Bonchev–Trinajstić information content (AvgIpc) is 3.11. The Labute approximate surface area is 151 Å². The molecule has 0 bridgehead atoms. The second-order valence-electron chi connectivity index (χ2n) is 4.93. The Hall–Kier alpha value is -1.86. The summed E-state index contributed by atoms with van der Waals surface area (Å²) in [4.78, 5) is 27.5. The number of nitrogens with zero attached hydrogens (tertiary/aromatic N) is 1. The molecule has 1 amide bonds. The number of aliphatic carboxylic acids is 1. The SMILES string of the molecule is CC(=O)Nc1nc(C)c(-c2ccc(S(=O)(=O)NC(CO)C(=O)O)s2)s1. The zero-order valence-electron chi connectivity index (χ0n) is 13.1. The summed E-state index contributed by atoms with van der Waals surface area (Å²) in [6.45, 7) is 2.23. The lowest BCUT2D eigenvalue weighted by atomic mass is 10.3. The Balaban J connectivity index is 2.29. The van der Waals surface area contributed by atoms with Gasteiger partial charge in [0.25, 0.3) is 10.0 Å². The molecule has 9 nitrogen and oxygen atoms in total. The molecule has 2 heterocycles. The summed E-state index contributed by atoms with van der Waals surface area (Å²) in [5.74, 6) is -1.73. The van der Waals surface area contributed by atoms with Crippen molar-refractivity contribution in [2.45, 2.75) is 24.1 Å². The van der Waals surface area contributed by atoms with E-state index in [4.69, 9.17) is 10.2 Å². The molecular formula is C13H15N3O6S3. The number of aliphatic hydroxyl groups is 1. The van der Waals surface area contributed by atoms with Gasteiger partial charge in [-0.1, -0.05) is 11.3 Å². The lowest BCUT2D eigenvalue weighted by molar-refractivity contribution is -0.139. The largest absolute Gasteiger partial charge is 0.480 e. The third kappa shape index (κ3) is 4.61. The monoisotopic (exact) mass is 405 g/mol. The van der Waals surface area contributed by atoms with Gasteiger partial charge in [0.05, 0.1) is 17.2 Å². The number of thiazole rings is 1. The van der Waals surface area contributed by atoms with Crippen LogP contribution in [0.2, 0.25) is 0 Å². The van der Waals surface area contributed by atoms with Crippen molar-refractivity contribution in [1.82, 2.24) is 9.71 Å². The van der Waals surface area contributed by atoms with E-state index in [0.717, 1.165) is 11.3 Å². The van der Waals surface area contributed by atoms with Gasteiger partial charge in [0.2, 0.25) is 5.91 Å². The van der Waals surface area contributed by atoms with Crippen LogP contribution in [0.4, 0.5) is 5.13 Å². The minimum absolute atomic E-state index is 0.0870. The van der Waals surface area contributed by atoms with Crippen LogP contribution in [0.15, 0.2) is 16.3 Å². The topological polar surface area (TPSA) is 146 Å². The lowest BCUT2D eigenvalue weighted by Gasteiger charge is -2.10. The lowest BCUT2D eigenvalue weighted by Crippen LogP contribution is -2.42. The number of carbonyl (C=O) groups excluding carboxylic acids is 1. The Kier molecular flexibility index (Phi) is 5.90. The minimum atomic E-state index is -4.09. The van der Waals surface area contributed by atoms with Gasteiger partial charge in [0.1, 0.15) is 10.3 Å². The van der Waals surface area contributed by atoms with Crippen molar-refractivity contribution in [3.05, 3.63) is 17.8 Å². The first-order chi connectivity index (χ1) is 11.6. The third-order valence-electron chi connectivity index (χ3n) is 2.93. The standard InChI is InChI=1S/C13H15N3O6S3/c1-6-11(24-13(14-6)15-7(2)18)9-3-4-10(23-9)25(21,22)16-8(5-17)12(19)20/h3-4,8,16-17H,5H2,1-2H3,(H,19,20)(H,14,15,18). The molecule has 4 N–H and O–H groups in total. The van der Waals surface area contributed by atoms with Gasteiger partial charge >= 0.3 is 5.97 Å². The highest BCUT2D eigenvalue weighted by Gasteiger charge is 2.26. The number of rotatable bonds is 7. The van der Waals surface area contributed by atoms with Crippen molar-refractivity contribution >= 4 is 49.7 Å². The van der Waals surface area contributed by atoms with E-state index in [-0.39, 0.29) is 10.1 Å². The maximum absolute atomic E-state index is 12.2. The average molecular weight is 405 g/mol. The van der Waals surface area contributed by atoms with Crippen LogP contribution in [0, 0.1) is 6.92 Å². The molecule has 136 valence electrons. The number of aliphatic hydroxyl groups excluding tert-OH is 1. The first-order valence-electron chi connectivity index (χ1n) is 6.85. The molecule has 0 saturated heterocycles. The zero-order valence-corrected chi connectivity index (χ0v) is 15.6. The molecule has 0 aliphatic carbocycles. The first-order valence-corrected chi connectivity index (χ1v) is 9.97. The summed E-state index contributed by atoms with van der Waals surface area (Å²) < 4.78 is 26.3. The van der Waals surface area contributed by atoms with E-state index in [0.29, 0.717) is 20.6 Å². The van der Waals surface area contributed by atoms with Gasteiger partial charge in [-0.2, -0.15) is 4.72 Å². The number of sulfonamides is 1. The fourth-order valence-corrected chi connectivity index (χ4v) is 5.50. The molecule has 0 saturated carbocycles. The van der Waals surface area contributed by atoms with E-state index in [1.807, 2.05) is 4.72 Å². The highest BCUT2D eigenvalue weighted by Crippen LogP contribution is 2.38. The number of nitrogens with one attached hydrogen (secondary N) is 2. The van der Waals surface area contributed by atoms with Crippen LogP contribution in [0.1, 0.15) is 12.6 Å². The molecule has 2 aromatic heterocycles. The highest BCUT2D eigenvalue weighted by molar-refractivity contribution is 7.91. The second-order valence-corrected chi connectivity index (χ2v) is 8.95. The molecule has 1 atom stereocenters. The Morgan fingerprint density at radius 1 is 1.32 bits per heavy atom. The molecule has 0 radical (unpaired) electrons. The summed E-state index contributed by atoms with van der Waals surface area (Å²) in [5.41, 5.74) is 0.631. The van der Waals surface area contributed by atoms with Crippen molar-refractivity contribution in [3.8, 4) is 9.75 Å². The van der Waals surface area contributed by atoms with Gasteiger partial charge < -0.3 is 15.5 Å². The zero-order chi connectivity index (χ0) is 18.8. The van der Waals surface area contributed by atoms with Gasteiger partial charge in [-0.05, 0) is 19.1 Å². The number of anilines is 1. The summed E-state index contributed by atoms with van der Waals surface area (Å²) >= 11 is 2.14. The minimum Gasteiger partial charge on any atom is -0.480 e. The van der Waals surface area contributed by atoms with Gasteiger partial charge in [0.15, 0.2) is 5.13 Å². The Morgan fingerprint density at radius 2 is 2.00 bits per heavy atom. The quantitative estimate of drug-likeness (QED) is 0.534. The van der Waals surface area contributed by atoms with Gasteiger partial charge in [-0.3, -0.25) is 9.59 Å². The van der Waals surface area contributed by atoms with Gasteiger partial charge in [-0.25, -0.2) is 13.4 Å². The number of carboxylic acid groups (broad SMARTS) is 1. The number of aryl methyl sites for hydroxylation is 1. The summed E-state index contributed by atoms with van der Waals surface area (Å²) in [7, 11) is -4.09. The molecule has 12 heteroatoms. The van der Waals surface area contributed by atoms with E-state index in [9.17, 15) is 18.0 Å². The molecule has 25 heavy (non-hydrogen) atoms. The molecule has 2 rings (SSSR count). The van der Waals surface area contributed by atoms with E-state index < -0.39 is 28.6 Å². The molecule has 0 fully saturated rings. The van der Waals surface area contributed by atoms with Crippen LogP contribution in [0.3, 0.4) is 0 Å². The van der Waals surface area contributed by atoms with E-state index in [1.165, 1.54) is 24.3 Å². The molecule has 2 aromatic rings. The molecule has 0 spiro atoms. The molecule has 0 aliphatic heterocycles. The first kappa shape index (κ1) is 19.5. The van der Waals surface area contributed by atoms with Crippen LogP contribution in [0.25, 0.3) is 9.75 Å². The number of aromatic nitrogens is 1. The van der Waals surface area contributed by atoms with Crippen LogP contribution in [-0.2, 0) is 19.6 Å². The summed E-state index contributed by atoms with van der Waals surface area (Å²) in [6, 6.07) is 1.30. The van der Waals surface area contributed by atoms with E-state index in [1.54, 1.807) is 13.0 Å². The van der Waals surface area contributed by atoms with Gasteiger partial charge in [-0.15, -0.1) is 11.3 Å². The fraction of sp³-hybridized carbons (Fsp3) is 0.308. The molecular weight excluding hydrogens is 390 g/mol. The maximum Gasteiger partial charge on any atom is 0.324 e. The normalized spacial score (nSPS) is 12.8. The van der Waals surface area contributed by atoms with Crippen molar-refractivity contribution in [2.75, 3.05) is 11.9 Å². The number of hydrogen-bond acceptors (Lipinski definition) is 8. The third-order valence-corrected chi connectivity index (χ3v) is 7.23. The number of carbonyl (C=O) groups is 2. The maximum atomic E-state index is 12.2. The number of hydrogen-bond donors (Lipinski definition) is 4. The molecule has 0 aliphatic rings. The van der Waals surface area contributed by atoms with Gasteiger partial charge in [0, 0.05) is 11.8 Å². The summed E-state index contributed by atoms with van der Waals surface area (Å²) in [5, 5.41) is 20.8. The predicted molar refractivity (Wildman–Crippen MR) is 93.3 cm³/mol. The van der Waals surface area contributed by atoms with Crippen molar-refractivity contribution in [1.29, 1.82) is 0 Å². The predicted octanol–water partition coefficient (Wildman–Crippen LogP) is 0.862. The van der Waals surface area contributed by atoms with Crippen LogP contribution in [-0.4, -0.2) is 48.1 Å². The van der Waals surface area contributed by atoms with Crippen molar-refractivity contribution in [2.24, 2.45) is 0 Å².